The molecule has 3 rings (SSSR count). The summed E-state index contributed by atoms with van der Waals surface area (Å²) in [7, 11) is 1.44. The first kappa shape index (κ1) is 17.7. The SMILES string of the molecule is COc1ccc([N+](=O)[O-])cc1C(=O)NC[C@@H]1CCN(c2ccccc2)C1. The number of rotatable bonds is 6. The van der Waals surface area contributed by atoms with Crippen LogP contribution in [0.4, 0.5) is 11.4 Å². The zero-order valence-corrected chi connectivity index (χ0v) is 14.6. The second-order valence-electron chi connectivity index (χ2n) is 6.29. The van der Waals surface area contributed by atoms with Gasteiger partial charge < -0.3 is 15.0 Å². The third-order valence-electron chi connectivity index (χ3n) is 4.60. The normalized spacial score (nSPS) is 16.3. The van der Waals surface area contributed by atoms with Crippen LogP contribution in [0, 0.1) is 16.0 Å². The average Bonchev–Trinajstić information content (AvgIpc) is 3.15. The summed E-state index contributed by atoms with van der Waals surface area (Å²) in [5, 5.41) is 13.8. The molecule has 0 bridgehead atoms. The number of hydrogen-bond acceptors (Lipinski definition) is 5. The summed E-state index contributed by atoms with van der Waals surface area (Å²) < 4.78 is 5.16. The van der Waals surface area contributed by atoms with Gasteiger partial charge in [0, 0.05) is 37.5 Å². The van der Waals surface area contributed by atoms with Gasteiger partial charge in [-0.05, 0) is 30.5 Å². The number of anilines is 1. The van der Waals surface area contributed by atoms with Crippen LogP contribution in [0.5, 0.6) is 5.75 Å². The number of ether oxygens (including phenoxy) is 1. The van der Waals surface area contributed by atoms with Crippen molar-refractivity contribution in [1.82, 2.24) is 5.32 Å². The molecule has 26 heavy (non-hydrogen) atoms. The fourth-order valence-corrected chi connectivity index (χ4v) is 3.19. The first-order chi connectivity index (χ1) is 12.6. The van der Waals surface area contributed by atoms with Crippen molar-refractivity contribution in [1.29, 1.82) is 0 Å². The number of amides is 1. The quantitative estimate of drug-likeness (QED) is 0.636. The molecule has 0 aromatic heterocycles. The van der Waals surface area contributed by atoms with E-state index in [2.05, 4.69) is 22.3 Å². The lowest BCUT2D eigenvalue weighted by atomic mass is 10.1. The summed E-state index contributed by atoms with van der Waals surface area (Å²) in [6.45, 7) is 2.34. The van der Waals surface area contributed by atoms with Gasteiger partial charge in [-0.15, -0.1) is 0 Å². The zero-order valence-electron chi connectivity index (χ0n) is 14.6. The van der Waals surface area contributed by atoms with Crippen LogP contribution in [0.25, 0.3) is 0 Å². The third kappa shape index (κ3) is 3.93. The van der Waals surface area contributed by atoms with Crippen molar-refractivity contribution in [3.05, 3.63) is 64.2 Å². The first-order valence-corrected chi connectivity index (χ1v) is 8.49. The Balaban J connectivity index is 1.61. The van der Waals surface area contributed by atoms with E-state index >= 15 is 0 Å². The number of para-hydroxylation sites is 1. The van der Waals surface area contributed by atoms with Gasteiger partial charge >= 0.3 is 0 Å². The molecule has 1 atom stereocenters. The number of nitrogens with zero attached hydrogens (tertiary/aromatic N) is 2. The van der Waals surface area contributed by atoms with E-state index in [1.54, 1.807) is 0 Å². The molecular weight excluding hydrogens is 334 g/mol. The highest BCUT2D eigenvalue weighted by Gasteiger charge is 2.24. The summed E-state index contributed by atoms with van der Waals surface area (Å²) in [5.41, 5.74) is 1.23. The summed E-state index contributed by atoms with van der Waals surface area (Å²) in [4.78, 5) is 25.2. The lowest BCUT2D eigenvalue weighted by molar-refractivity contribution is -0.384. The van der Waals surface area contributed by atoms with Gasteiger partial charge in [-0.3, -0.25) is 14.9 Å². The lowest BCUT2D eigenvalue weighted by Crippen LogP contribution is -2.31. The van der Waals surface area contributed by atoms with E-state index in [1.165, 1.54) is 31.0 Å². The molecule has 0 unspecified atom stereocenters. The molecule has 136 valence electrons. The van der Waals surface area contributed by atoms with Crippen LogP contribution in [0.15, 0.2) is 48.5 Å². The van der Waals surface area contributed by atoms with Gasteiger partial charge in [0.1, 0.15) is 5.75 Å². The summed E-state index contributed by atoms with van der Waals surface area (Å²) in [5.74, 6) is 0.304. The van der Waals surface area contributed by atoms with Crippen LogP contribution in [0.1, 0.15) is 16.8 Å². The van der Waals surface area contributed by atoms with Gasteiger partial charge in [0.15, 0.2) is 0 Å². The Bertz CT molecular complexity index is 795. The van der Waals surface area contributed by atoms with Crippen LogP contribution < -0.4 is 15.0 Å². The Morgan fingerprint density at radius 3 is 2.77 bits per heavy atom. The molecule has 1 heterocycles. The number of nitro benzene ring substituents is 1. The number of carbonyl (C=O) groups excluding carboxylic acids is 1. The summed E-state index contributed by atoms with van der Waals surface area (Å²) in [6, 6.07) is 14.2. The van der Waals surface area contributed by atoms with Crippen molar-refractivity contribution >= 4 is 17.3 Å². The molecule has 0 aliphatic carbocycles. The second-order valence-corrected chi connectivity index (χ2v) is 6.29. The van der Waals surface area contributed by atoms with Crippen LogP contribution in [0.3, 0.4) is 0 Å². The minimum Gasteiger partial charge on any atom is -0.496 e. The van der Waals surface area contributed by atoms with Crippen molar-refractivity contribution in [3.63, 3.8) is 0 Å². The molecule has 0 radical (unpaired) electrons. The Kier molecular flexibility index (Phi) is 5.36. The summed E-state index contributed by atoms with van der Waals surface area (Å²) >= 11 is 0. The average molecular weight is 355 g/mol. The predicted molar refractivity (Wildman–Crippen MR) is 98.7 cm³/mol. The second kappa shape index (κ2) is 7.86. The van der Waals surface area contributed by atoms with Gasteiger partial charge in [-0.25, -0.2) is 0 Å². The fourth-order valence-electron chi connectivity index (χ4n) is 3.19. The fraction of sp³-hybridized carbons (Fsp3) is 0.316. The highest BCUT2D eigenvalue weighted by Crippen LogP contribution is 2.25. The number of nitrogens with one attached hydrogen (secondary N) is 1. The van der Waals surface area contributed by atoms with Crippen molar-refractivity contribution in [2.24, 2.45) is 5.92 Å². The minimum atomic E-state index is -0.523. The van der Waals surface area contributed by atoms with Crippen molar-refractivity contribution in [2.75, 3.05) is 31.6 Å². The van der Waals surface area contributed by atoms with Crippen LogP contribution in [0.2, 0.25) is 0 Å². The maximum atomic E-state index is 12.5. The van der Waals surface area contributed by atoms with Crippen molar-refractivity contribution in [3.8, 4) is 5.75 Å². The van der Waals surface area contributed by atoms with E-state index in [9.17, 15) is 14.9 Å². The number of benzene rings is 2. The Morgan fingerprint density at radius 1 is 1.31 bits per heavy atom. The van der Waals surface area contributed by atoms with Crippen LogP contribution in [-0.4, -0.2) is 37.6 Å². The molecule has 0 spiro atoms. The largest absolute Gasteiger partial charge is 0.496 e. The van der Waals surface area contributed by atoms with Crippen LogP contribution >= 0.6 is 0 Å². The van der Waals surface area contributed by atoms with Gasteiger partial charge in [-0.1, -0.05) is 18.2 Å². The number of methoxy groups -OCH3 is 1. The van der Waals surface area contributed by atoms with E-state index in [0.717, 1.165) is 19.5 Å². The van der Waals surface area contributed by atoms with Crippen molar-refractivity contribution in [2.45, 2.75) is 6.42 Å². The first-order valence-electron chi connectivity index (χ1n) is 8.49. The molecule has 7 heteroatoms. The highest BCUT2D eigenvalue weighted by molar-refractivity contribution is 5.97. The molecule has 1 aliphatic rings. The molecule has 7 nitrogen and oxygen atoms in total. The van der Waals surface area contributed by atoms with E-state index in [-0.39, 0.29) is 17.2 Å². The van der Waals surface area contributed by atoms with Gasteiger partial charge in [0.25, 0.3) is 11.6 Å². The standard InChI is InChI=1S/C19H21N3O4/c1-26-18-8-7-16(22(24)25)11-17(18)19(23)20-12-14-9-10-21(13-14)15-5-3-2-4-6-15/h2-8,11,14H,9-10,12-13H2,1H3,(H,20,23)/t14-/m0/s1. The number of nitro groups is 1. The van der Waals surface area contributed by atoms with E-state index in [1.807, 2.05) is 18.2 Å². The van der Waals surface area contributed by atoms with E-state index < -0.39 is 4.92 Å². The maximum Gasteiger partial charge on any atom is 0.270 e. The molecule has 1 N–H and O–H groups in total. The number of non-ortho nitro benzene ring substituents is 1. The lowest BCUT2D eigenvalue weighted by Gasteiger charge is -2.18. The smallest absolute Gasteiger partial charge is 0.270 e. The van der Waals surface area contributed by atoms with Crippen LogP contribution in [-0.2, 0) is 0 Å². The monoisotopic (exact) mass is 355 g/mol. The molecule has 1 amide bonds. The van der Waals surface area contributed by atoms with Gasteiger partial charge in [0.05, 0.1) is 17.6 Å². The van der Waals surface area contributed by atoms with E-state index in [4.69, 9.17) is 4.74 Å². The molecule has 2 aromatic carbocycles. The number of hydrogen-bond donors (Lipinski definition) is 1. The highest BCUT2D eigenvalue weighted by atomic mass is 16.6. The topological polar surface area (TPSA) is 84.7 Å². The van der Waals surface area contributed by atoms with Gasteiger partial charge in [0.2, 0.25) is 0 Å². The number of carbonyl (C=O) groups is 1. The molecule has 1 aliphatic heterocycles. The Hall–Kier alpha value is -3.09. The maximum absolute atomic E-state index is 12.5. The van der Waals surface area contributed by atoms with E-state index in [0.29, 0.717) is 18.2 Å². The van der Waals surface area contributed by atoms with Crippen molar-refractivity contribution < 1.29 is 14.5 Å². The van der Waals surface area contributed by atoms with Gasteiger partial charge in [-0.2, -0.15) is 0 Å². The Morgan fingerprint density at radius 2 is 2.08 bits per heavy atom. The molecule has 2 aromatic rings. The zero-order chi connectivity index (χ0) is 18.5. The predicted octanol–water partition coefficient (Wildman–Crippen LogP) is 2.86. The minimum absolute atomic E-state index is 0.132. The molecule has 1 saturated heterocycles. The Labute approximate surface area is 151 Å². The molecular formula is C19H21N3O4. The summed E-state index contributed by atoms with van der Waals surface area (Å²) in [6.07, 6.45) is 0.987. The third-order valence-corrected chi connectivity index (χ3v) is 4.60. The molecule has 1 fully saturated rings. The molecule has 0 saturated carbocycles.